The van der Waals surface area contributed by atoms with E-state index in [-0.39, 0.29) is 5.69 Å². The van der Waals surface area contributed by atoms with Crippen LogP contribution >= 0.6 is 34.7 Å². The molecule has 0 aliphatic heterocycles. The average Bonchev–Trinajstić information content (AvgIpc) is 3.08. The summed E-state index contributed by atoms with van der Waals surface area (Å²) in [4.78, 5) is 23.3. The van der Waals surface area contributed by atoms with Crippen molar-refractivity contribution in [1.82, 2.24) is 10.2 Å². The van der Waals surface area contributed by atoms with Crippen molar-refractivity contribution in [1.29, 1.82) is 0 Å². The first-order valence-electron chi connectivity index (χ1n) is 7.28. The predicted molar refractivity (Wildman–Crippen MR) is 102 cm³/mol. The minimum atomic E-state index is -0.517. The van der Waals surface area contributed by atoms with Crippen molar-refractivity contribution in [3.05, 3.63) is 74.2 Å². The molecule has 2 aromatic carbocycles. The molecule has 7 nitrogen and oxygen atoms in total. The van der Waals surface area contributed by atoms with Crippen molar-refractivity contribution in [3.8, 4) is 0 Å². The van der Waals surface area contributed by atoms with E-state index in [0.29, 0.717) is 21.5 Å². The number of thioether (sulfide) groups is 1. The second-order valence-corrected chi connectivity index (χ2v) is 7.55. The topological polar surface area (TPSA) is 98.0 Å². The summed E-state index contributed by atoms with van der Waals surface area (Å²) in [5.41, 5.74) is 0.238. The van der Waals surface area contributed by atoms with Crippen LogP contribution < -0.4 is 5.32 Å². The van der Waals surface area contributed by atoms with Crippen LogP contribution in [0.3, 0.4) is 0 Å². The molecule has 10 heteroatoms. The highest BCUT2D eigenvalue weighted by atomic mass is 35.5. The fourth-order valence-corrected chi connectivity index (χ4v) is 3.69. The van der Waals surface area contributed by atoms with Crippen LogP contribution in [-0.2, 0) is 5.75 Å². The molecule has 0 unspecified atom stereocenters. The third-order valence-electron chi connectivity index (χ3n) is 3.20. The van der Waals surface area contributed by atoms with Gasteiger partial charge < -0.3 is 0 Å². The lowest BCUT2D eigenvalue weighted by molar-refractivity contribution is -0.384. The molecular formula is C16H11ClN4O3S2. The highest BCUT2D eigenvalue weighted by molar-refractivity contribution is 7.98. The fourth-order valence-electron chi connectivity index (χ4n) is 1.94. The van der Waals surface area contributed by atoms with Crippen LogP contribution in [0.4, 0.5) is 10.8 Å². The van der Waals surface area contributed by atoms with Crippen molar-refractivity contribution in [2.45, 2.75) is 10.6 Å². The van der Waals surface area contributed by atoms with E-state index in [4.69, 9.17) is 11.6 Å². The number of nitro groups is 1. The number of hydrogen-bond donors (Lipinski definition) is 1. The van der Waals surface area contributed by atoms with E-state index in [1.165, 1.54) is 35.6 Å². The predicted octanol–water partition coefficient (Wildman–Crippen LogP) is 4.64. The molecule has 1 N–H and O–H groups in total. The molecule has 26 heavy (non-hydrogen) atoms. The van der Waals surface area contributed by atoms with Gasteiger partial charge in [-0.25, -0.2) is 0 Å². The lowest BCUT2D eigenvalue weighted by Crippen LogP contribution is -2.11. The number of anilines is 1. The molecule has 0 saturated heterocycles. The number of nitrogens with one attached hydrogen (secondary N) is 1. The minimum Gasteiger partial charge on any atom is -0.296 e. The third kappa shape index (κ3) is 4.78. The Bertz CT molecular complexity index is 929. The molecular weight excluding hydrogens is 396 g/mol. The number of hydrogen-bond acceptors (Lipinski definition) is 7. The maximum Gasteiger partial charge on any atom is 0.269 e. The lowest BCUT2D eigenvalue weighted by atomic mass is 10.2. The van der Waals surface area contributed by atoms with Gasteiger partial charge in [-0.3, -0.25) is 20.2 Å². The van der Waals surface area contributed by atoms with Crippen LogP contribution in [0.25, 0.3) is 0 Å². The summed E-state index contributed by atoms with van der Waals surface area (Å²) in [5, 5.41) is 23.1. The number of carbonyl (C=O) groups excluding carboxylic acids is 1. The van der Waals surface area contributed by atoms with Crippen molar-refractivity contribution in [3.63, 3.8) is 0 Å². The van der Waals surface area contributed by atoms with Gasteiger partial charge >= 0.3 is 0 Å². The van der Waals surface area contributed by atoms with Crippen LogP contribution in [-0.4, -0.2) is 21.0 Å². The molecule has 1 aromatic heterocycles. The SMILES string of the molecule is O=C(Nc1nnc(CSc2ccc(Cl)cc2)s1)c1ccc([N+](=O)[O-])cc1. The van der Waals surface area contributed by atoms with Gasteiger partial charge in [0.1, 0.15) is 5.01 Å². The summed E-state index contributed by atoms with van der Waals surface area (Å²) in [7, 11) is 0. The number of halogens is 1. The number of amides is 1. The highest BCUT2D eigenvalue weighted by Crippen LogP contribution is 2.27. The number of carbonyl (C=O) groups is 1. The van der Waals surface area contributed by atoms with Gasteiger partial charge in [0.05, 0.1) is 10.7 Å². The first-order valence-corrected chi connectivity index (χ1v) is 9.46. The van der Waals surface area contributed by atoms with Gasteiger partial charge in [-0.15, -0.1) is 22.0 Å². The summed E-state index contributed by atoms with van der Waals surface area (Å²) in [6, 6.07) is 12.8. The Morgan fingerprint density at radius 1 is 1.15 bits per heavy atom. The van der Waals surface area contributed by atoms with Crippen molar-refractivity contribution >= 4 is 51.4 Å². The largest absolute Gasteiger partial charge is 0.296 e. The molecule has 0 spiro atoms. The smallest absolute Gasteiger partial charge is 0.269 e. The fraction of sp³-hybridized carbons (Fsp3) is 0.0625. The number of rotatable bonds is 6. The van der Waals surface area contributed by atoms with Crippen LogP contribution in [0.2, 0.25) is 5.02 Å². The second kappa shape index (κ2) is 8.26. The van der Waals surface area contributed by atoms with Gasteiger partial charge in [-0.2, -0.15) is 0 Å². The third-order valence-corrected chi connectivity index (χ3v) is 5.50. The maximum absolute atomic E-state index is 12.2. The lowest BCUT2D eigenvalue weighted by Gasteiger charge is -2.00. The quantitative estimate of drug-likeness (QED) is 0.363. The number of nitro benzene ring substituents is 1. The van der Waals surface area contributed by atoms with Crippen LogP contribution in [0.1, 0.15) is 15.4 Å². The Morgan fingerprint density at radius 3 is 2.50 bits per heavy atom. The Balaban J connectivity index is 1.58. The average molecular weight is 407 g/mol. The van der Waals surface area contributed by atoms with Crippen molar-refractivity contribution < 1.29 is 9.72 Å². The number of non-ortho nitro benzene ring substituents is 1. The zero-order valence-corrected chi connectivity index (χ0v) is 15.5. The first-order chi connectivity index (χ1) is 12.5. The van der Waals surface area contributed by atoms with Crippen LogP contribution in [0, 0.1) is 10.1 Å². The number of aromatic nitrogens is 2. The monoisotopic (exact) mass is 406 g/mol. The molecule has 3 rings (SSSR count). The van der Waals surface area contributed by atoms with E-state index in [0.717, 1.165) is 9.90 Å². The van der Waals surface area contributed by atoms with E-state index < -0.39 is 10.8 Å². The maximum atomic E-state index is 12.2. The highest BCUT2D eigenvalue weighted by Gasteiger charge is 2.12. The zero-order valence-electron chi connectivity index (χ0n) is 13.1. The molecule has 3 aromatic rings. The van der Waals surface area contributed by atoms with Gasteiger partial charge in [0.15, 0.2) is 0 Å². The van der Waals surface area contributed by atoms with E-state index in [1.54, 1.807) is 11.8 Å². The van der Waals surface area contributed by atoms with Gasteiger partial charge in [-0.1, -0.05) is 22.9 Å². The Kier molecular flexibility index (Phi) is 5.82. The first kappa shape index (κ1) is 18.3. The van der Waals surface area contributed by atoms with Gasteiger partial charge in [0, 0.05) is 27.6 Å². The standard InChI is InChI=1S/C16H11ClN4O3S2/c17-11-3-7-13(8-4-11)25-9-14-19-20-16(26-14)18-15(22)10-1-5-12(6-2-10)21(23)24/h1-8H,9H2,(H,18,20,22). The van der Waals surface area contributed by atoms with E-state index in [1.807, 2.05) is 24.3 Å². The normalized spacial score (nSPS) is 10.5. The van der Waals surface area contributed by atoms with E-state index >= 15 is 0 Å². The molecule has 0 bridgehead atoms. The molecule has 0 aliphatic rings. The van der Waals surface area contributed by atoms with E-state index in [9.17, 15) is 14.9 Å². The Labute approximate surface area is 161 Å². The molecule has 1 amide bonds. The summed E-state index contributed by atoms with van der Waals surface area (Å²) in [5.74, 6) is 0.222. The minimum absolute atomic E-state index is 0.0704. The number of benzene rings is 2. The second-order valence-electron chi connectivity index (χ2n) is 5.00. The summed E-state index contributed by atoms with van der Waals surface area (Å²) >= 11 is 8.72. The molecule has 0 atom stereocenters. The molecule has 132 valence electrons. The molecule has 0 aliphatic carbocycles. The Morgan fingerprint density at radius 2 is 1.85 bits per heavy atom. The van der Waals surface area contributed by atoms with Gasteiger partial charge in [0.2, 0.25) is 5.13 Å². The molecule has 0 saturated carbocycles. The summed E-state index contributed by atoms with van der Waals surface area (Å²) in [6.07, 6.45) is 0. The van der Waals surface area contributed by atoms with Crippen LogP contribution in [0.5, 0.6) is 0 Å². The zero-order chi connectivity index (χ0) is 18.5. The summed E-state index contributed by atoms with van der Waals surface area (Å²) in [6.45, 7) is 0. The molecule has 0 radical (unpaired) electrons. The van der Waals surface area contributed by atoms with Gasteiger partial charge in [0.25, 0.3) is 11.6 Å². The number of nitrogens with zero attached hydrogens (tertiary/aromatic N) is 3. The van der Waals surface area contributed by atoms with Crippen LogP contribution in [0.15, 0.2) is 53.4 Å². The van der Waals surface area contributed by atoms with Crippen molar-refractivity contribution in [2.75, 3.05) is 5.32 Å². The van der Waals surface area contributed by atoms with E-state index in [2.05, 4.69) is 15.5 Å². The van der Waals surface area contributed by atoms with Gasteiger partial charge in [-0.05, 0) is 36.4 Å². The molecule has 0 fully saturated rings. The molecule has 1 heterocycles. The van der Waals surface area contributed by atoms with Crippen molar-refractivity contribution in [2.24, 2.45) is 0 Å². The summed E-state index contributed by atoms with van der Waals surface area (Å²) < 4.78 is 0. The Hall–Kier alpha value is -2.49.